The lowest BCUT2D eigenvalue weighted by molar-refractivity contribution is -0.138. The lowest BCUT2D eigenvalue weighted by Crippen LogP contribution is -2.21. The first-order chi connectivity index (χ1) is 14.2. The van der Waals surface area contributed by atoms with Crippen LogP contribution in [-0.4, -0.2) is 28.7 Å². The number of aliphatic carboxylic acids is 1. The van der Waals surface area contributed by atoms with Gasteiger partial charge in [0.05, 0.1) is 6.42 Å². The summed E-state index contributed by atoms with van der Waals surface area (Å²) < 4.78 is 10.6. The maximum atomic E-state index is 12.4. The maximum absolute atomic E-state index is 12.4. The Balaban J connectivity index is 0.00000341. The first kappa shape index (κ1) is 23.8. The molecule has 31 heavy (non-hydrogen) atoms. The molecule has 0 amide bonds. The van der Waals surface area contributed by atoms with Crippen LogP contribution in [0.25, 0.3) is 10.8 Å². The average molecular weight is 490 g/mol. The minimum atomic E-state index is -1.16. The van der Waals surface area contributed by atoms with Gasteiger partial charge in [-0.2, -0.15) is 0 Å². The molecule has 0 saturated heterocycles. The molecule has 6 N–H and O–H groups in total. The van der Waals surface area contributed by atoms with E-state index in [0.29, 0.717) is 5.56 Å². The Bertz CT molecular complexity index is 1160. The number of carbonyl (C=O) groups excluding carboxylic acids is 2. The summed E-state index contributed by atoms with van der Waals surface area (Å²) in [5.41, 5.74) is 11.8. The quantitative estimate of drug-likeness (QED) is 0.162. The second kappa shape index (κ2) is 10.0. The number of ketones is 1. The van der Waals surface area contributed by atoms with Gasteiger partial charge in [-0.05, 0) is 41.1 Å². The molecule has 0 spiro atoms. The fourth-order valence-electron chi connectivity index (χ4n) is 2.79. The van der Waals surface area contributed by atoms with E-state index in [1.807, 2.05) is 0 Å². The Morgan fingerprint density at radius 1 is 1.03 bits per heavy atom. The van der Waals surface area contributed by atoms with Gasteiger partial charge in [-0.15, -0.1) is 17.0 Å². The van der Waals surface area contributed by atoms with Crippen LogP contribution in [-0.2, 0) is 9.59 Å². The molecule has 10 heteroatoms. The van der Waals surface area contributed by atoms with Gasteiger partial charge in [-0.3, -0.25) is 15.0 Å². The predicted molar refractivity (Wildman–Crippen MR) is 118 cm³/mol. The number of carboxylic acids is 1. The summed E-state index contributed by atoms with van der Waals surface area (Å²) in [5.74, 6) is -2.24. The summed E-state index contributed by atoms with van der Waals surface area (Å²) in [5, 5.41) is 17.7. The van der Waals surface area contributed by atoms with Crippen molar-refractivity contribution in [3.05, 3.63) is 65.6 Å². The summed E-state index contributed by atoms with van der Waals surface area (Å²) in [6, 6.07) is 11.7. The largest absolute Gasteiger partial charge is 0.481 e. The fraction of sp³-hybridized carbons (Fsp3) is 0.143. The summed E-state index contributed by atoms with van der Waals surface area (Å²) >= 11 is 0. The molecule has 0 radical (unpaired) electrons. The second-order valence-corrected chi connectivity index (χ2v) is 6.57. The molecule has 3 rings (SSSR count). The van der Waals surface area contributed by atoms with Crippen LogP contribution in [0.5, 0.6) is 5.75 Å². The van der Waals surface area contributed by atoms with E-state index in [2.05, 4.69) is 0 Å². The van der Waals surface area contributed by atoms with Crippen LogP contribution in [0.15, 0.2) is 52.9 Å². The van der Waals surface area contributed by atoms with Gasteiger partial charge in [-0.25, -0.2) is 4.79 Å². The minimum absolute atomic E-state index is 0. The third-order valence-electron chi connectivity index (χ3n) is 4.40. The first-order valence-electron chi connectivity index (χ1n) is 8.95. The topological polar surface area (TPSA) is 170 Å². The van der Waals surface area contributed by atoms with Gasteiger partial charge in [-0.1, -0.05) is 18.2 Å². The lowest BCUT2D eigenvalue weighted by Gasteiger charge is -2.07. The lowest BCUT2D eigenvalue weighted by atomic mass is 10.1. The van der Waals surface area contributed by atoms with Crippen LogP contribution >= 0.6 is 17.0 Å². The molecule has 1 aromatic heterocycles. The average Bonchev–Trinajstić information content (AvgIpc) is 3.21. The molecule has 0 fully saturated rings. The molecule has 1 atom stereocenters. The molecule has 2 aromatic carbocycles. The number of carbonyl (C=O) groups is 3. The van der Waals surface area contributed by atoms with Gasteiger partial charge >= 0.3 is 11.9 Å². The Morgan fingerprint density at radius 3 is 2.39 bits per heavy atom. The number of benzene rings is 2. The Labute approximate surface area is 187 Å². The number of fused-ring (bicyclic) bond motifs is 1. The monoisotopic (exact) mass is 489 g/mol. The van der Waals surface area contributed by atoms with Crippen molar-refractivity contribution < 1.29 is 28.6 Å². The van der Waals surface area contributed by atoms with Gasteiger partial charge in [0.2, 0.25) is 5.76 Å². The van der Waals surface area contributed by atoms with E-state index >= 15 is 0 Å². The molecule has 0 aliphatic carbocycles. The predicted octanol–water partition coefficient (Wildman–Crippen LogP) is 2.95. The Kier molecular flexibility index (Phi) is 7.67. The number of esters is 1. The number of furan rings is 1. The van der Waals surface area contributed by atoms with Gasteiger partial charge in [0.25, 0.3) is 0 Å². The molecule has 0 aliphatic rings. The summed E-state index contributed by atoms with van der Waals surface area (Å²) in [7, 11) is 0. The van der Waals surface area contributed by atoms with Crippen molar-refractivity contribution in [2.24, 2.45) is 11.5 Å². The van der Waals surface area contributed by atoms with E-state index < -0.39 is 23.8 Å². The highest BCUT2D eigenvalue weighted by Crippen LogP contribution is 2.24. The van der Waals surface area contributed by atoms with E-state index in [9.17, 15) is 14.4 Å². The number of rotatable bonds is 8. The van der Waals surface area contributed by atoms with Gasteiger partial charge in [0.1, 0.15) is 23.4 Å². The van der Waals surface area contributed by atoms with E-state index in [0.717, 1.165) is 10.8 Å². The van der Waals surface area contributed by atoms with Crippen LogP contribution in [0, 0.1) is 5.41 Å². The van der Waals surface area contributed by atoms with Crippen molar-refractivity contribution in [2.45, 2.75) is 18.9 Å². The van der Waals surface area contributed by atoms with Crippen LogP contribution < -0.4 is 16.2 Å². The fourth-order valence-corrected chi connectivity index (χ4v) is 2.79. The highest BCUT2D eigenvalue weighted by atomic mass is 79.9. The number of amidine groups is 1. The highest BCUT2D eigenvalue weighted by Gasteiger charge is 2.22. The summed E-state index contributed by atoms with van der Waals surface area (Å²) in [6.45, 7) is 0. The number of nitrogens with two attached hydrogens (primary N) is 2. The highest BCUT2D eigenvalue weighted by molar-refractivity contribution is 8.93. The molecule has 1 unspecified atom stereocenters. The third-order valence-corrected chi connectivity index (χ3v) is 4.40. The van der Waals surface area contributed by atoms with Gasteiger partial charge in [0.15, 0.2) is 5.78 Å². The van der Waals surface area contributed by atoms with Crippen molar-refractivity contribution in [3.8, 4) is 5.75 Å². The molecule has 162 valence electrons. The third kappa shape index (κ3) is 5.77. The normalized spacial score (nSPS) is 11.4. The molecular weight excluding hydrogens is 470 g/mol. The molecule has 1 heterocycles. The number of nitrogen functional groups attached to an aromatic ring is 1. The first-order valence-corrected chi connectivity index (χ1v) is 8.95. The maximum Gasteiger partial charge on any atom is 0.379 e. The minimum Gasteiger partial charge on any atom is -0.481 e. The number of hydrogen-bond donors (Lipinski definition) is 4. The molecule has 0 saturated carbocycles. The van der Waals surface area contributed by atoms with Crippen LogP contribution in [0.1, 0.15) is 40.8 Å². The van der Waals surface area contributed by atoms with Gasteiger partial charge in [0, 0.05) is 12.0 Å². The smallest absolute Gasteiger partial charge is 0.379 e. The molecule has 0 bridgehead atoms. The zero-order chi connectivity index (χ0) is 21.8. The second-order valence-electron chi connectivity index (χ2n) is 6.57. The van der Waals surface area contributed by atoms with E-state index in [-0.39, 0.29) is 52.9 Å². The molecular formula is C21H20BrN3O6. The van der Waals surface area contributed by atoms with E-state index in [1.165, 1.54) is 12.1 Å². The van der Waals surface area contributed by atoms with Crippen molar-refractivity contribution in [3.63, 3.8) is 0 Å². The molecule has 3 aromatic rings. The number of carboxylic acid groups (broad SMARTS) is 1. The number of ether oxygens (including phenoxy) is 1. The number of hydrogen-bond acceptors (Lipinski definition) is 7. The summed E-state index contributed by atoms with van der Waals surface area (Å²) in [6.07, 6.45) is -0.572. The van der Waals surface area contributed by atoms with Crippen LogP contribution in [0.4, 0.5) is 0 Å². The van der Waals surface area contributed by atoms with Crippen molar-refractivity contribution in [1.29, 1.82) is 5.41 Å². The summed E-state index contributed by atoms with van der Waals surface area (Å²) in [4.78, 5) is 34.8. The number of Topliss-reactive ketones (excluding diaryl/α,β-unsaturated/α-hetero) is 1. The van der Waals surface area contributed by atoms with Crippen molar-refractivity contribution >= 4 is 51.3 Å². The van der Waals surface area contributed by atoms with E-state index in [4.69, 9.17) is 31.1 Å². The van der Waals surface area contributed by atoms with E-state index in [1.54, 1.807) is 36.4 Å². The van der Waals surface area contributed by atoms with Crippen LogP contribution in [0.2, 0.25) is 0 Å². The zero-order valence-corrected chi connectivity index (χ0v) is 17.9. The zero-order valence-electron chi connectivity index (χ0n) is 16.2. The molecule has 9 nitrogen and oxygen atoms in total. The number of halogens is 1. The van der Waals surface area contributed by atoms with Crippen molar-refractivity contribution in [1.82, 2.24) is 0 Å². The Hall–Kier alpha value is -3.50. The van der Waals surface area contributed by atoms with Gasteiger partial charge < -0.3 is 25.7 Å². The Morgan fingerprint density at radius 2 is 1.71 bits per heavy atom. The number of nitrogens with one attached hydrogen (secondary N) is 1. The standard InChI is InChI=1S/C21H19N3O6.BrH/c22-19(15(25)5-8-18(26)27)16-6-7-17(30-16)21(28)29-14-4-3-11-9-13(20(23)24)2-1-12(11)10-14;/h1-4,6-7,9-10,19H,5,8,22H2,(H3,23,24)(H,26,27);1H. The van der Waals surface area contributed by atoms with Crippen molar-refractivity contribution in [2.75, 3.05) is 0 Å². The molecule has 0 aliphatic heterocycles. The SMILES string of the molecule is Br.N=C(N)c1ccc2cc(OC(=O)c3ccc(C(N)C(=O)CCC(=O)O)o3)ccc2c1. The van der Waals surface area contributed by atoms with Crippen LogP contribution in [0.3, 0.4) is 0 Å².